The van der Waals surface area contributed by atoms with Crippen LogP contribution in [-0.2, 0) is 6.54 Å². The SMILES string of the molecule is CCn1ncc(Br)c1C(=O)NC1CCCCC1. The van der Waals surface area contributed by atoms with Crippen LogP contribution in [0.15, 0.2) is 10.7 Å². The Labute approximate surface area is 110 Å². The van der Waals surface area contributed by atoms with Gasteiger partial charge >= 0.3 is 0 Å². The van der Waals surface area contributed by atoms with Crippen molar-refractivity contribution in [2.24, 2.45) is 0 Å². The molecule has 0 radical (unpaired) electrons. The molecule has 1 heterocycles. The lowest BCUT2D eigenvalue weighted by Crippen LogP contribution is -2.37. The number of nitrogens with one attached hydrogen (secondary N) is 1. The van der Waals surface area contributed by atoms with E-state index in [1.165, 1.54) is 19.3 Å². The van der Waals surface area contributed by atoms with Crippen LogP contribution in [-0.4, -0.2) is 21.7 Å². The highest BCUT2D eigenvalue weighted by Gasteiger charge is 2.21. The van der Waals surface area contributed by atoms with E-state index in [4.69, 9.17) is 0 Å². The van der Waals surface area contributed by atoms with Crippen LogP contribution in [0.1, 0.15) is 49.5 Å². The van der Waals surface area contributed by atoms with Crippen molar-refractivity contribution in [3.8, 4) is 0 Å². The molecule has 0 spiro atoms. The van der Waals surface area contributed by atoms with Crippen molar-refractivity contribution in [3.05, 3.63) is 16.4 Å². The second kappa shape index (κ2) is 5.67. The molecule has 0 unspecified atom stereocenters. The van der Waals surface area contributed by atoms with Gasteiger partial charge in [0.05, 0.1) is 10.7 Å². The van der Waals surface area contributed by atoms with Crippen LogP contribution in [0.5, 0.6) is 0 Å². The summed E-state index contributed by atoms with van der Waals surface area (Å²) < 4.78 is 2.50. The third-order valence-corrected chi connectivity index (χ3v) is 3.83. The maximum absolute atomic E-state index is 12.2. The molecule has 5 heteroatoms. The Morgan fingerprint density at radius 3 is 2.88 bits per heavy atom. The first-order valence-electron chi connectivity index (χ1n) is 6.24. The number of aromatic nitrogens is 2. The Balaban J connectivity index is 2.05. The van der Waals surface area contributed by atoms with Gasteiger partial charge in [-0.1, -0.05) is 19.3 Å². The van der Waals surface area contributed by atoms with Crippen LogP contribution in [0.25, 0.3) is 0 Å². The Morgan fingerprint density at radius 2 is 2.24 bits per heavy atom. The quantitative estimate of drug-likeness (QED) is 0.933. The van der Waals surface area contributed by atoms with Gasteiger partial charge in [-0.15, -0.1) is 0 Å². The minimum absolute atomic E-state index is 0.0110. The summed E-state index contributed by atoms with van der Waals surface area (Å²) in [7, 11) is 0. The van der Waals surface area contributed by atoms with Crippen molar-refractivity contribution >= 4 is 21.8 Å². The second-order valence-corrected chi connectivity index (χ2v) is 5.32. The molecule has 0 atom stereocenters. The molecule has 1 aliphatic carbocycles. The van der Waals surface area contributed by atoms with Gasteiger partial charge in [0, 0.05) is 12.6 Å². The van der Waals surface area contributed by atoms with E-state index in [-0.39, 0.29) is 5.91 Å². The molecule has 4 nitrogen and oxygen atoms in total. The minimum atomic E-state index is -0.0110. The summed E-state index contributed by atoms with van der Waals surface area (Å²) in [5, 5.41) is 7.26. The molecule has 1 amide bonds. The highest BCUT2D eigenvalue weighted by molar-refractivity contribution is 9.10. The predicted octanol–water partition coefficient (Wildman–Crippen LogP) is 2.73. The Morgan fingerprint density at radius 1 is 1.53 bits per heavy atom. The normalized spacial score (nSPS) is 17.1. The van der Waals surface area contributed by atoms with Crippen molar-refractivity contribution in [1.29, 1.82) is 0 Å². The van der Waals surface area contributed by atoms with Gasteiger partial charge in [-0.25, -0.2) is 0 Å². The average molecular weight is 300 g/mol. The summed E-state index contributed by atoms with van der Waals surface area (Å²) in [5.41, 5.74) is 0.637. The lowest BCUT2D eigenvalue weighted by Gasteiger charge is -2.22. The van der Waals surface area contributed by atoms with E-state index >= 15 is 0 Å². The van der Waals surface area contributed by atoms with E-state index < -0.39 is 0 Å². The van der Waals surface area contributed by atoms with Crippen molar-refractivity contribution < 1.29 is 4.79 Å². The zero-order valence-electron chi connectivity index (χ0n) is 10.1. The van der Waals surface area contributed by atoms with E-state index in [1.54, 1.807) is 10.9 Å². The van der Waals surface area contributed by atoms with Gasteiger partial charge in [-0.05, 0) is 35.7 Å². The topological polar surface area (TPSA) is 46.9 Å². The van der Waals surface area contributed by atoms with Crippen molar-refractivity contribution in [2.45, 2.75) is 51.6 Å². The smallest absolute Gasteiger partial charge is 0.270 e. The number of hydrogen-bond donors (Lipinski definition) is 1. The zero-order valence-corrected chi connectivity index (χ0v) is 11.7. The minimum Gasteiger partial charge on any atom is -0.348 e. The van der Waals surface area contributed by atoms with Gasteiger partial charge in [-0.2, -0.15) is 5.10 Å². The Kier molecular flexibility index (Phi) is 4.20. The molecule has 0 saturated heterocycles. The number of carbonyl (C=O) groups is 1. The number of carbonyl (C=O) groups excluding carboxylic acids is 1. The maximum Gasteiger partial charge on any atom is 0.270 e. The highest BCUT2D eigenvalue weighted by Crippen LogP contribution is 2.20. The van der Waals surface area contributed by atoms with Gasteiger partial charge in [0.25, 0.3) is 5.91 Å². The second-order valence-electron chi connectivity index (χ2n) is 4.47. The van der Waals surface area contributed by atoms with Crippen molar-refractivity contribution in [2.75, 3.05) is 0 Å². The molecule has 1 N–H and O–H groups in total. The third kappa shape index (κ3) is 2.89. The van der Waals surface area contributed by atoms with Gasteiger partial charge in [0.1, 0.15) is 5.69 Å². The van der Waals surface area contributed by atoms with Crippen LogP contribution < -0.4 is 5.32 Å². The summed E-state index contributed by atoms with van der Waals surface area (Å²) in [6, 6.07) is 0.336. The summed E-state index contributed by atoms with van der Waals surface area (Å²) in [6.45, 7) is 2.69. The first kappa shape index (κ1) is 12.6. The average Bonchev–Trinajstić information content (AvgIpc) is 2.71. The highest BCUT2D eigenvalue weighted by atomic mass is 79.9. The van der Waals surface area contributed by atoms with Crippen LogP contribution in [0, 0.1) is 0 Å². The number of amides is 1. The maximum atomic E-state index is 12.2. The van der Waals surface area contributed by atoms with Crippen LogP contribution in [0.2, 0.25) is 0 Å². The molecule has 1 aromatic heterocycles. The first-order chi connectivity index (χ1) is 8.22. The van der Waals surface area contributed by atoms with Crippen molar-refractivity contribution in [1.82, 2.24) is 15.1 Å². The molecular formula is C12H18BrN3O. The molecule has 17 heavy (non-hydrogen) atoms. The van der Waals surface area contributed by atoms with Gasteiger partial charge < -0.3 is 5.32 Å². The molecule has 94 valence electrons. The Hall–Kier alpha value is -0.840. The molecular weight excluding hydrogens is 282 g/mol. The summed E-state index contributed by atoms with van der Waals surface area (Å²) in [5.74, 6) is -0.0110. The number of aryl methyl sites for hydroxylation is 1. The van der Waals surface area contributed by atoms with Gasteiger partial charge in [0.2, 0.25) is 0 Å². The lowest BCUT2D eigenvalue weighted by molar-refractivity contribution is 0.0916. The van der Waals surface area contributed by atoms with E-state index in [9.17, 15) is 4.79 Å². The van der Waals surface area contributed by atoms with E-state index in [2.05, 4.69) is 26.3 Å². The van der Waals surface area contributed by atoms with Crippen molar-refractivity contribution in [3.63, 3.8) is 0 Å². The number of halogens is 1. The van der Waals surface area contributed by atoms with Crippen LogP contribution in [0.3, 0.4) is 0 Å². The lowest BCUT2D eigenvalue weighted by atomic mass is 9.95. The van der Waals surface area contributed by atoms with E-state index in [0.29, 0.717) is 18.3 Å². The van der Waals surface area contributed by atoms with Crippen LogP contribution in [0.4, 0.5) is 0 Å². The van der Waals surface area contributed by atoms with Crippen LogP contribution >= 0.6 is 15.9 Å². The molecule has 1 fully saturated rings. The first-order valence-corrected chi connectivity index (χ1v) is 7.04. The molecule has 1 aliphatic rings. The number of hydrogen-bond acceptors (Lipinski definition) is 2. The fourth-order valence-corrected chi connectivity index (χ4v) is 2.80. The molecule has 1 saturated carbocycles. The van der Waals surface area contributed by atoms with E-state index in [1.807, 2.05) is 6.92 Å². The zero-order chi connectivity index (χ0) is 12.3. The fraction of sp³-hybridized carbons (Fsp3) is 0.667. The summed E-state index contributed by atoms with van der Waals surface area (Å²) in [4.78, 5) is 12.2. The van der Waals surface area contributed by atoms with E-state index in [0.717, 1.165) is 17.3 Å². The molecule has 0 aromatic carbocycles. The number of rotatable bonds is 3. The third-order valence-electron chi connectivity index (χ3n) is 3.25. The van der Waals surface area contributed by atoms with Gasteiger partial charge in [0.15, 0.2) is 0 Å². The largest absolute Gasteiger partial charge is 0.348 e. The predicted molar refractivity (Wildman–Crippen MR) is 69.9 cm³/mol. The molecule has 0 aliphatic heterocycles. The Bertz CT molecular complexity index is 396. The monoisotopic (exact) mass is 299 g/mol. The van der Waals surface area contributed by atoms with Gasteiger partial charge in [-0.3, -0.25) is 9.48 Å². The fourth-order valence-electron chi connectivity index (χ4n) is 2.33. The molecule has 0 bridgehead atoms. The summed E-state index contributed by atoms with van der Waals surface area (Å²) >= 11 is 3.38. The standard InChI is InChI=1S/C12H18BrN3O/c1-2-16-11(10(13)8-14-16)12(17)15-9-6-4-3-5-7-9/h8-9H,2-7H2,1H3,(H,15,17). The number of nitrogens with zero attached hydrogens (tertiary/aromatic N) is 2. The molecule has 2 rings (SSSR count). The summed E-state index contributed by atoms with van der Waals surface area (Å²) in [6.07, 6.45) is 7.62. The molecule has 1 aromatic rings.